The fourth-order valence-corrected chi connectivity index (χ4v) is 0.909. The van der Waals surface area contributed by atoms with E-state index in [1.807, 2.05) is 25.1 Å². The number of carbonyl (C=O) groups excluding carboxylic acids is 1. The lowest BCUT2D eigenvalue weighted by atomic mass is 10.1. The maximum Gasteiger partial charge on any atom is 0.155 e. The minimum Gasteiger partial charge on any atom is -0.306 e. The Morgan fingerprint density at radius 3 is 2.46 bits per heavy atom. The molecule has 0 aromatic heterocycles. The topological polar surface area (TPSA) is 20.3 Å². The fraction of sp³-hybridized carbons (Fsp3) is 0.727. The summed E-state index contributed by atoms with van der Waals surface area (Å²) in [5.74, 6) is 0.863. The van der Waals surface area contributed by atoms with Crippen LogP contribution in [0.15, 0.2) is 12.2 Å². The van der Waals surface area contributed by atoms with Crippen LogP contribution in [0.4, 0.5) is 0 Å². The Balaban J connectivity index is 3.56. The third-order valence-corrected chi connectivity index (χ3v) is 1.74. The van der Waals surface area contributed by atoms with Crippen molar-refractivity contribution < 1.29 is 4.79 Å². The van der Waals surface area contributed by atoms with E-state index in [4.69, 9.17) is 0 Å². The van der Waals surface area contributed by atoms with Gasteiger partial charge in [0, 0.05) is 13.0 Å². The van der Waals surface area contributed by atoms with Gasteiger partial charge in [-0.1, -0.05) is 19.9 Å². The summed E-state index contributed by atoms with van der Waals surface area (Å²) in [6.07, 6.45) is 5.29. The van der Waals surface area contributed by atoms with Gasteiger partial charge in [0.15, 0.2) is 5.78 Å². The molecule has 0 saturated heterocycles. The highest BCUT2D eigenvalue weighted by molar-refractivity contribution is 5.89. The number of rotatable bonds is 6. The molecule has 0 bridgehead atoms. The maximum absolute atomic E-state index is 11.2. The number of hydrogen-bond acceptors (Lipinski definition) is 2. The van der Waals surface area contributed by atoms with Crippen LogP contribution in [-0.4, -0.2) is 31.3 Å². The van der Waals surface area contributed by atoms with E-state index in [-0.39, 0.29) is 5.78 Å². The van der Waals surface area contributed by atoms with E-state index in [0.717, 1.165) is 13.0 Å². The maximum atomic E-state index is 11.2. The zero-order valence-corrected chi connectivity index (χ0v) is 9.21. The van der Waals surface area contributed by atoms with Gasteiger partial charge in [-0.25, -0.2) is 0 Å². The molecule has 0 atom stereocenters. The van der Waals surface area contributed by atoms with Crippen molar-refractivity contribution in [2.24, 2.45) is 5.92 Å². The van der Waals surface area contributed by atoms with Crippen LogP contribution >= 0.6 is 0 Å². The molecular weight excluding hydrogens is 162 g/mol. The van der Waals surface area contributed by atoms with Gasteiger partial charge in [0.25, 0.3) is 0 Å². The second-order valence-electron chi connectivity index (χ2n) is 4.06. The van der Waals surface area contributed by atoms with Crippen LogP contribution in [0.1, 0.15) is 26.7 Å². The Kier molecular flexibility index (Phi) is 6.51. The molecule has 13 heavy (non-hydrogen) atoms. The Morgan fingerprint density at radius 1 is 1.38 bits per heavy atom. The van der Waals surface area contributed by atoms with Crippen LogP contribution in [0.25, 0.3) is 0 Å². The van der Waals surface area contributed by atoms with Crippen molar-refractivity contribution in [1.29, 1.82) is 0 Å². The molecule has 0 fully saturated rings. The van der Waals surface area contributed by atoms with Gasteiger partial charge in [-0.05, 0) is 32.5 Å². The quantitative estimate of drug-likeness (QED) is 0.588. The van der Waals surface area contributed by atoms with E-state index in [2.05, 4.69) is 13.8 Å². The lowest BCUT2D eigenvalue weighted by molar-refractivity contribution is -0.114. The molecular formula is C11H21NO. The molecule has 2 heteroatoms. The van der Waals surface area contributed by atoms with Crippen LogP contribution in [0, 0.1) is 5.92 Å². The van der Waals surface area contributed by atoms with Crippen molar-refractivity contribution in [2.75, 3.05) is 20.6 Å². The third-order valence-electron chi connectivity index (χ3n) is 1.74. The van der Waals surface area contributed by atoms with Crippen molar-refractivity contribution in [3.05, 3.63) is 12.2 Å². The molecule has 76 valence electrons. The first-order valence-electron chi connectivity index (χ1n) is 4.86. The Hall–Kier alpha value is -0.630. The van der Waals surface area contributed by atoms with E-state index in [1.54, 1.807) is 6.08 Å². The van der Waals surface area contributed by atoms with Gasteiger partial charge in [-0.15, -0.1) is 0 Å². The summed E-state index contributed by atoms with van der Waals surface area (Å²) < 4.78 is 0. The summed E-state index contributed by atoms with van der Waals surface area (Å²) in [6, 6.07) is 0. The average molecular weight is 183 g/mol. The summed E-state index contributed by atoms with van der Waals surface area (Å²) >= 11 is 0. The van der Waals surface area contributed by atoms with Crippen molar-refractivity contribution in [2.45, 2.75) is 26.7 Å². The first kappa shape index (κ1) is 12.4. The SMILES string of the molecule is CC(C)CCC(=O)/C=C/CN(C)C. The Morgan fingerprint density at radius 2 is 2.00 bits per heavy atom. The van der Waals surface area contributed by atoms with Crippen molar-refractivity contribution >= 4 is 5.78 Å². The molecule has 0 saturated carbocycles. The van der Waals surface area contributed by atoms with Crippen LogP contribution in [0.2, 0.25) is 0 Å². The number of carbonyl (C=O) groups is 1. The minimum atomic E-state index is 0.246. The number of allylic oxidation sites excluding steroid dienone is 1. The van der Waals surface area contributed by atoms with Gasteiger partial charge in [0.2, 0.25) is 0 Å². The molecule has 0 unspecified atom stereocenters. The van der Waals surface area contributed by atoms with Crippen LogP contribution < -0.4 is 0 Å². The number of nitrogens with zero attached hydrogens (tertiary/aromatic N) is 1. The van der Waals surface area contributed by atoms with Gasteiger partial charge in [0.05, 0.1) is 0 Å². The largest absolute Gasteiger partial charge is 0.306 e. The minimum absolute atomic E-state index is 0.246. The van der Waals surface area contributed by atoms with Gasteiger partial charge < -0.3 is 4.90 Å². The molecule has 0 radical (unpaired) electrons. The monoisotopic (exact) mass is 183 g/mol. The molecule has 0 aromatic rings. The molecule has 2 nitrogen and oxygen atoms in total. The summed E-state index contributed by atoms with van der Waals surface area (Å²) in [7, 11) is 3.98. The number of ketones is 1. The highest BCUT2D eigenvalue weighted by Gasteiger charge is 1.98. The summed E-state index contributed by atoms with van der Waals surface area (Å²) in [4.78, 5) is 13.3. The highest BCUT2D eigenvalue weighted by Crippen LogP contribution is 2.04. The van der Waals surface area contributed by atoms with Gasteiger partial charge >= 0.3 is 0 Å². The van der Waals surface area contributed by atoms with Gasteiger partial charge in [-0.3, -0.25) is 4.79 Å². The third kappa shape index (κ3) is 9.28. The normalized spacial score (nSPS) is 11.8. The zero-order valence-electron chi connectivity index (χ0n) is 9.21. The zero-order chi connectivity index (χ0) is 10.3. The number of hydrogen-bond donors (Lipinski definition) is 0. The molecule has 0 aliphatic rings. The van der Waals surface area contributed by atoms with Gasteiger partial charge in [0.1, 0.15) is 0 Å². The second-order valence-corrected chi connectivity index (χ2v) is 4.06. The van der Waals surface area contributed by atoms with E-state index < -0.39 is 0 Å². The molecule has 0 aliphatic carbocycles. The number of likely N-dealkylation sites (N-methyl/N-ethyl adjacent to an activating group) is 1. The van der Waals surface area contributed by atoms with Crippen molar-refractivity contribution in [3.8, 4) is 0 Å². The van der Waals surface area contributed by atoms with Crippen LogP contribution in [-0.2, 0) is 4.79 Å². The summed E-state index contributed by atoms with van der Waals surface area (Å²) in [6.45, 7) is 5.11. The fourth-order valence-electron chi connectivity index (χ4n) is 0.909. The standard InChI is InChI=1S/C11H21NO/c1-10(2)7-8-11(13)6-5-9-12(3)4/h5-6,10H,7-9H2,1-4H3/b6-5+. The first-order valence-corrected chi connectivity index (χ1v) is 4.86. The summed E-state index contributed by atoms with van der Waals surface area (Å²) in [5, 5.41) is 0. The van der Waals surface area contributed by atoms with E-state index >= 15 is 0 Å². The van der Waals surface area contributed by atoms with Crippen molar-refractivity contribution in [1.82, 2.24) is 4.90 Å². The van der Waals surface area contributed by atoms with E-state index in [9.17, 15) is 4.79 Å². The van der Waals surface area contributed by atoms with E-state index in [1.165, 1.54) is 0 Å². The predicted octanol–water partition coefficient (Wildman–Crippen LogP) is 2.11. The smallest absolute Gasteiger partial charge is 0.155 e. The van der Waals surface area contributed by atoms with Crippen molar-refractivity contribution in [3.63, 3.8) is 0 Å². The van der Waals surface area contributed by atoms with Crippen LogP contribution in [0.3, 0.4) is 0 Å². The Bertz CT molecular complexity index is 171. The Labute approximate surface area is 81.6 Å². The summed E-state index contributed by atoms with van der Waals surface area (Å²) in [5.41, 5.74) is 0. The molecule has 0 aliphatic heterocycles. The molecule has 0 rings (SSSR count). The molecule has 0 spiro atoms. The highest BCUT2D eigenvalue weighted by atomic mass is 16.1. The molecule has 0 N–H and O–H groups in total. The predicted molar refractivity (Wildman–Crippen MR) is 56.8 cm³/mol. The first-order chi connectivity index (χ1) is 6.02. The molecule has 0 heterocycles. The molecule has 0 aromatic carbocycles. The lowest BCUT2D eigenvalue weighted by Crippen LogP contribution is -2.11. The molecule has 0 amide bonds. The van der Waals surface area contributed by atoms with E-state index in [0.29, 0.717) is 12.3 Å². The lowest BCUT2D eigenvalue weighted by Gasteiger charge is -2.03. The average Bonchev–Trinajstić information content (AvgIpc) is 2.00. The van der Waals surface area contributed by atoms with Crippen LogP contribution in [0.5, 0.6) is 0 Å². The second kappa shape index (κ2) is 6.84. The van der Waals surface area contributed by atoms with Gasteiger partial charge in [-0.2, -0.15) is 0 Å².